The number of aromatic nitrogens is 2. The summed E-state index contributed by atoms with van der Waals surface area (Å²) in [6.45, 7) is 2.56. The number of amides is 1. The van der Waals surface area contributed by atoms with Gasteiger partial charge in [-0.25, -0.2) is 4.98 Å². The lowest BCUT2D eigenvalue weighted by Gasteiger charge is -2.20. The standard InChI is InChI=1S/C26H24ClN3O3S/c1-16-21(14-24(31)29(15-17-3-4-17)26-28-11-12-34-26)22-13-20(33-2)9-10-23(22)30(16)25(32)18-5-7-19(27)8-6-18/h5-13,17H,3-4,14-15H2,1-2H3. The molecule has 2 aromatic carbocycles. The first kappa shape index (κ1) is 22.6. The Morgan fingerprint density at radius 1 is 1.21 bits per heavy atom. The Morgan fingerprint density at radius 2 is 1.97 bits per heavy atom. The van der Waals surface area contributed by atoms with Crippen molar-refractivity contribution in [3.63, 3.8) is 0 Å². The van der Waals surface area contributed by atoms with Crippen LogP contribution in [0.15, 0.2) is 54.0 Å². The quantitative estimate of drug-likeness (QED) is 0.329. The van der Waals surface area contributed by atoms with E-state index in [9.17, 15) is 9.59 Å². The molecule has 0 aliphatic heterocycles. The van der Waals surface area contributed by atoms with Crippen LogP contribution in [0.5, 0.6) is 5.75 Å². The number of carbonyl (C=O) groups excluding carboxylic acids is 2. The van der Waals surface area contributed by atoms with Gasteiger partial charge in [-0.05, 0) is 73.7 Å². The van der Waals surface area contributed by atoms with Gasteiger partial charge in [0.05, 0.1) is 19.0 Å². The molecule has 8 heteroatoms. The number of thiazole rings is 1. The van der Waals surface area contributed by atoms with E-state index < -0.39 is 0 Å². The van der Waals surface area contributed by atoms with Crippen molar-refractivity contribution in [1.82, 2.24) is 9.55 Å². The van der Waals surface area contributed by atoms with Crippen LogP contribution in [-0.2, 0) is 11.2 Å². The minimum atomic E-state index is -0.169. The fraction of sp³-hybridized carbons (Fsp3) is 0.269. The van der Waals surface area contributed by atoms with Gasteiger partial charge in [0, 0.05) is 39.8 Å². The second-order valence-electron chi connectivity index (χ2n) is 8.53. The highest BCUT2D eigenvalue weighted by Gasteiger charge is 2.30. The van der Waals surface area contributed by atoms with Crippen molar-refractivity contribution in [2.45, 2.75) is 26.2 Å². The number of methoxy groups -OCH3 is 1. The number of carbonyl (C=O) groups is 2. The van der Waals surface area contributed by atoms with E-state index in [-0.39, 0.29) is 18.2 Å². The molecule has 4 aromatic rings. The topological polar surface area (TPSA) is 64.4 Å². The number of hydrogen-bond acceptors (Lipinski definition) is 5. The summed E-state index contributed by atoms with van der Waals surface area (Å²) in [5.41, 5.74) is 2.82. The summed E-state index contributed by atoms with van der Waals surface area (Å²) in [6, 6.07) is 12.4. The molecule has 5 rings (SSSR count). The number of fused-ring (bicyclic) bond motifs is 1. The van der Waals surface area contributed by atoms with Gasteiger partial charge in [-0.15, -0.1) is 11.3 Å². The van der Waals surface area contributed by atoms with Crippen molar-refractivity contribution in [3.05, 3.63) is 75.9 Å². The molecule has 0 N–H and O–H groups in total. The maximum Gasteiger partial charge on any atom is 0.262 e. The van der Waals surface area contributed by atoms with Gasteiger partial charge >= 0.3 is 0 Å². The second-order valence-corrected chi connectivity index (χ2v) is 9.84. The van der Waals surface area contributed by atoms with Crippen LogP contribution in [0.3, 0.4) is 0 Å². The van der Waals surface area contributed by atoms with Gasteiger partial charge in [0.1, 0.15) is 5.75 Å². The molecule has 0 radical (unpaired) electrons. The zero-order valence-electron chi connectivity index (χ0n) is 19.0. The number of anilines is 1. The van der Waals surface area contributed by atoms with Crippen molar-refractivity contribution < 1.29 is 14.3 Å². The van der Waals surface area contributed by atoms with Crippen LogP contribution in [-0.4, -0.2) is 35.0 Å². The summed E-state index contributed by atoms with van der Waals surface area (Å²) >= 11 is 7.48. The lowest BCUT2D eigenvalue weighted by atomic mass is 10.1. The highest BCUT2D eigenvalue weighted by molar-refractivity contribution is 7.13. The Labute approximate surface area is 206 Å². The Kier molecular flexibility index (Phi) is 6.15. The molecule has 1 fully saturated rings. The minimum Gasteiger partial charge on any atom is -0.497 e. The smallest absolute Gasteiger partial charge is 0.262 e. The van der Waals surface area contributed by atoms with Crippen LogP contribution >= 0.6 is 22.9 Å². The average Bonchev–Trinajstić information content (AvgIpc) is 3.42. The van der Waals surface area contributed by atoms with Crippen molar-refractivity contribution in [3.8, 4) is 5.75 Å². The molecule has 0 unspecified atom stereocenters. The first-order valence-corrected chi connectivity index (χ1v) is 12.4. The Bertz CT molecular complexity index is 1360. The van der Waals surface area contributed by atoms with Crippen molar-refractivity contribution >= 4 is 50.8 Å². The van der Waals surface area contributed by atoms with Crippen molar-refractivity contribution in [2.24, 2.45) is 5.92 Å². The first-order valence-electron chi connectivity index (χ1n) is 11.1. The van der Waals surface area contributed by atoms with Crippen LogP contribution < -0.4 is 9.64 Å². The molecule has 0 bridgehead atoms. The Morgan fingerprint density at radius 3 is 2.62 bits per heavy atom. The van der Waals surface area contributed by atoms with E-state index in [2.05, 4.69) is 4.98 Å². The molecule has 1 saturated carbocycles. The maximum atomic E-state index is 13.6. The largest absolute Gasteiger partial charge is 0.497 e. The molecule has 0 spiro atoms. The predicted molar refractivity (Wildman–Crippen MR) is 135 cm³/mol. The summed E-state index contributed by atoms with van der Waals surface area (Å²) in [5.74, 6) is 1.01. The molecule has 2 aromatic heterocycles. The van der Waals surface area contributed by atoms with E-state index in [1.54, 1.807) is 47.0 Å². The van der Waals surface area contributed by atoms with E-state index in [1.165, 1.54) is 11.3 Å². The third kappa shape index (κ3) is 4.33. The maximum absolute atomic E-state index is 13.6. The lowest BCUT2D eigenvalue weighted by Crippen LogP contribution is -2.34. The number of hydrogen-bond donors (Lipinski definition) is 0. The summed E-state index contributed by atoms with van der Waals surface area (Å²) in [7, 11) is 1.61. The van der Waals surface area contributed by atoms with E-state index in [0.717, 1.165) is 35.0 Å². The van der Waals surface area contributed by atoms with E-state index in [0.29, 0.717) is 33.9 Å². The zero-order chi connectivity index (χ0) is 23.8. The number of rotatable bonds is 7. The molecular weight excluding hydrogens is 470 g/mol. The van der Waals surface area contributed by atoms with Crippen LogP contribution in [0.25, 0.3) is 10.9 Å². The van der Waals surface area contributed by atoms with Gasteiger partial charge < -0.3 is 4.74 Å². The summed E-state index contributed by atoms with van der Waals surface area (Å²) in [6.07, 6.45) is 4.17. The molecule has 1 aliphatic rings. The monoisotopic (exact) mass is 493 g/mol. The summed E-state index contributed by atoms with van der Waals surface area (Å²) in [5, 5.41) is 4.00. The molecule has 1 aliphatic carbocycles. The molecule has 174 valence electrons. The molecule has 6 nitrogen and oxygen atoms in total. The molecule has 2 heterocycles. The third-order valence-corrected chi connectivity index (χ3v) is 7.30. The Hall–Kier alpha value is -3.16. The third-order valence-electron chi connectivity index (χ3n) is 6.25. The van der Waals surface area contributed by atoms with Gasteiger partial charge in [0.25, 0.3) is 5.91 Å². The highest BCUT2D eigenvalue weighted by Crippen LogP contribution is 2.34. The number of benzene rings is 2. The minimum absolute atomic E-state index is 0.0224. The number of halogens is 1. The lowest BCUT2D eigenvalue weighted by molar-refractivity contribution is -0.118. The molecule has 1 amide bonds. The van der Waals surface area contributed by atoms with Gasteiger partial charge in [0.15, 0.2) is 5.13 Å². The Balaban J connectivity index is 1.57. The van der Waals surface area contributed by atoms with Gasteiger partial charge in [-0.1, -0.05) is 11.6 Å². The van der Waals surface area contributed by atoms with Crippen molar-refractivity contribution in [2.75, 3.05) is 18.6 Å². The number of nitrogens with zero attached hydrogens (tertiary/aromatic N) is 3. The van der Waals surface area contributed by atoms with Crippen LogP contribution in [0.1, 0.15) is 34.5 Å². The van der Waals surface area contributed by atoms with Crippen molar-refractivity contribution in [1.29, 1.82) is 0 Å². The van der Waals surface area contributed by atoms with Gasteiger partial charge in [-0.3, -0.25) is 19.1 Å². The fourth-order valence-electron chi connectivity index (χ4n) is 4.24. The van der Waals surface area contributed by atoms with Crippen LogP contribution in [0, 0.1) is 12.8 Å². The van der Waals surface area contributed by atoms with E-state index in [4.69, 9.17) is 16.3 Å². The van der Waals surface area contributed by atoms with Crippen LogP contribution in [0.2, 0.25) is 5.02 Å². The van der Waals surface area contributed by atoms with E-state index in [1.807, 2.05) is 30.5 Å². The second kappa shape index (κ2) is 9.24. The molecule has 0 saturated heterocycles. The summed E-state index contributed by atoms with van der Waals surface area (Å²) in [4.78, 5) is 33.3. The summed E-state index contributed by atoms with van der Waals surface area (Å²) < 4.78 is 7.12. The first-order chi connectivity index (χ1) is 16.5. The predicted octanol–water partition coefficient (Wildman–Crippen LogP) is 5.74. The molecular formula is C26H24ClN3O3S. The van der Waals surface area contributed by atoms with Crippen LogP contribution in [0.4, 0.5) is 5.13 Å². The van der Waals surface area contributed by atoms with Gasteiger partial charge in [-0.2, -0.15) is 0 Å². The molecule has 0 atom stereocenters. The van der Waals surface area contributed by atoms with Gasteiger partial charge in [0.2, 0.25) is 5.91 Å². The normalized spacial score (nSPS) is 13.3. The molecule has 34 heavy (non-hydrogen) atoms. The van der Waals surface area contributed by atoms with E-state index >= 15 is 0 Å². The average molecular weight is 494 g/mol. The highest BCUT2D eigenvalue weighted by atomic mass is 35.5. The SMILES string of the molecule is COc1ccc2c(c1)c(CC(=O)N(CC1CC1)c1nccs1)c(C)n2C(=O)c1ccc(Cl)cc1. The fourth-order valence-corrected chi connectivity index (χ4v) is 5.03. The number of ether oxygens (including phenoxy) is 1. The zero-order valence-corrected chi connectivity index (χ0v) is 20.5.